The van der Waals surface area contributed by atoms with E-state index in [1.807, 2.05) is 11.3 Å². The summed E-state index contributed by atoms with van der Waals surface area (Å²) >= 11 is 7.46. The van der Waals surface area contributed by atoms with Crippen LogP contribution in [0.15, 0.2) is 41.8 Å². The number of nitrogens with one attached hydrogen (secondary N) is 2. The van der Waals surface area contributed by atoms with Gasteiger partial charge in [0.2, 0.25) is 0 Å². The van der Waals surface area contributed by atoms with Gasteiger partial charge in [-0.05, 0) is 74.0 Å². The van der Waals surface area contributed by atoms with Gasteiger partial charge in [0.15, 0.2) is 5.11 Å². The molecular formula is C21H27N3S2. The van der Waals surface area contributed by atoms with Gasteiger partial charge in [0.05, 0.1) is 0 Å². The molecule has 1 aromatic carbocycles. The molecule has 0 spiro atoms. The summed E-state index contributed by atoms with van der Waals surface area (Å²) in [7, 11) is 0. The summed E-state index contributed by atoms with van der Waals surface area (Å²) in [5.74, 6) is 0. The number of hydrogen-bond acceptors (Lipinski definition) is 3. The maximum atomic E-state index is 5.58. The fourth-order valence-corrected chi connectivity index (χ4v) is 5.51. The summed E-state index contributed by atoms with van der Waals surface area (Å²) < 4.78 is 0. The molecule has 3 atom stereocenters. The Morgan fingerprint density at radius 2 is 2.00 bits per heavy atom. The average Bonchev–Trinajstić information content (AvgIpc) is 3.08. The minimum Gasteiger partial charge on any atom is -0.360 e. The van der Waals surface area contributed by atoms with Crippen molar-refractivity contribution in [1.82, 2.24) is 10.2 Å². The molecule has 3 heterocycles. The van der Waals surface area contributed by atoms with Crippen molar-refractivity contribution in [2.24, 2.45) is 0 Å². The van der Waals surface area contributed by atoms with Crippen molar-refractivity contribution in [1.29, 1.82) is 0 Å². The summed E-state index contributed by atoms with van der Waals surface area (Å²) in [5.41, 5.74) is 2.31. The quantitative estimate of drug-likeness (QED) is 0.730. The molecule has 0 aliphatic carbocycles. The number of piperidine rings is 2. The van der Waals surface area contributed by atoms with Crippen LogP contribution < -0.4 is 10.6 Å². The highest BCUT2D eigenvalue weighted by molar-refractivity contribution is 7.80. The Morgan fingerprint density at radius 1 is 1.19 bits per heavy atom. The molecular weight excluding hydrogens is 358 g/mol. The van der Waals surface area contributed by atoms with Crippen molar-refractivity contribution in [2.45, 2.75) is 63.7 Å². The van der Waals surface area contributed by atoms with Crippen molar-refractivity contribution in [3.8, 4) is 0 Å². The van der Waals surface area contributed by atoms with Crippen LogP contribution >= 0.6 is 23.6 Å². The van der Waals surface area contributed by atoms with E-state index in [1.165, 1.54) is 42.5 Å². The second-order valence-electron chi connectivity index (χ2n) is 7.63. The highest BCUT2D eigenvalue weighted by atomic mass is 32.1. The molecule has 2 saturated heterocycles. The molecule has 4 rings (SSSR count). The number of hydrogen-bond donors (Lipinski definition) is 2. The van der Waals surface area contributed by atoms with Crippen LogP contribution in [0.25, 0.3) is 0 Å². The molecule has 138 valence electrons. The Bertz CT molecular complexity index is 729. The number of thiocarbonyl (C=S) groups is 1. The van der Waals surface area contributed by atoms with E-state index < -0.39 is 0 Å². The topological polar surface area (TPSA) is 27.3 Å². The monoisotopic (exact) mass is 385 g/mol. The minimum absolute atomic E-state index is 0.481. The first-order valence-electron chi connectivity index (χ1n) is 9.60. The summed E-state index contributed by atoms with van der Waals surface area (Å²) in [5, 5.41) is 9.89. The Morgan fingerprint density at radius 3 is 2.69 bits per heavy atom. The number of benzene rings is 1. The van der Waals surface area contributed by atoms with Crippen molar-refractivity contribution in [3.63, 3.8) is 0 Å². The Hall–Kier alpha value is -1.43. The largest absolute Gasteiger partial charge is 0.360 e. The molecule has 1 aromatic heterocycles. The molecule has 2 bridgehead atoms. The van der Waals surface area contributed by atoms with Gasteiger partial charge in [-0.15, -0.1) is 11.3 Å². The number of fused-ring (bicyclic) bond motifs is 2. The van der Waals surface area contributed by atoms with Gasteiger partial charge in [-0.1, -0.05) is 24.6 Å². The molecule has 3 nitrogen and oxygen atoms in total. The SMILES string of the molecule is Cc1cccc(NC(=S)NC2C[C@H]3CCC[C@@H](C2)N3Cc2cccs2)c1. The highest BCUT2D eigenvalue weighted by Gasteiger charge is 2.38. The molecule has 1 unspecified atom stereocenters. The summed E-state index contributed by atoms with van der Waals surface area (Å²) in [6.45, 7) is 3.22. The fourth-order valence-electron chi connectivity index (χ4n) is 4.51. The second-order valence-corrected chi connectivity index (χ2v) is 9.07. The predicted molar refractivity (Wildman–Crippen MR) is 115 cm³/mol. The maximum absolute atomic E-state index is 5.58. The molecule has 5 heteroatoms. The van der Waals surface area contributed by atoms with Gasteiger partial charge in [0.1, 0.15) is 0 Å². The van der Waals surface area contributed by atoms with E-state index in [1.54, 1.807) is 0 Å². The number of aryl methyl sites for hydroxylation is 1. The van der Waals surface area contributed by atoms with Crippen LogP contribution in [-0.2, 0) is 6.54 Å². The molecule has 0 saturated carbocycles. The van der Waals surface area contributed by atoms with Gasteiger partial charge in [-0.25, -0.2) is 0 Å². The fraction of sp³-hybridized carbons (Fsp3) is 0.476. The van der Waals surface area contributed by atoms with Crippen LogP contribution in [-0.4, -0.2) is 28.1 Å². The molecule has 2 N–H and O–H groups in total. The van der Waals surface area contributed by atoms with Crippen molar-refractivity contribution >= 4 is 34.4 Å². The zero-order valence-corrected chi connectivity index (χ0v) is 16.9. The molecule has 26 heavy (non-hydrogen) atoms. The van der Waals surface area contributed by atoms with E-state index >= 15 is 0 Å². The van der Waals surface area contributed by atoms with E-state index in [2.05, 4.69) is 64.2 Å². The third-order valence-corrected chi connectivity index (χ3v) is 6.74. The molecule has 0 radical (unpaired) electrons. The molecule has 2 aromatic rings. The van der Waals surface area contributed by atoms with Crippen LogP contribution in [0.3, 0.4) is 0 Å². The lowest BCUT2D eigenvalue weighted by Crippen LogP contribution is -2.56. The van der Waals surface area contributed by atoms with Crippen LogP contribution in [0.4, 0.5) is 5.69 Å². The minimum atomic E-state index is 0.481. The first kappa shape index (κ1) is 18.0. The Labute approximate surface area is 165 Å². The zero-order valence-electron chi connectivity index (χ0n) is 15.3. The highest BCUT2D eigenvalue weighted by Crippen LogP contribution is 2.35. The summed E-state index contributed by atoms with van der Waals surface area (Å²) in [6, 6.07) is 14.7. The maximum Gasteiger partial charge on any atom is 0.170 e. The van der Waals surface area contributed by atoms with Gasteiger partial charge < -0.3 is 10.6 Å². The third kappa shape index (κ3) is 4.27. The zero-order chi connectivity index (χ0) is 17.9. The van der Waals surface area contributed by atoms with Gasteiger partial charge in [0.25, 0.3) is 0 Å². The van der Waals surface area contributed by atoms with Gasteiger partial charge in [0, 0.05) is 35.2 Å². The van der Waals surface area contributed by atoms with Crippen molar-refractivity contribution < 1.29 is 0 Å². The summed E-state index contributed by atoms with van der Waals surface area (Å²) in [6.07, 6.45) is 6.39. The lowest BCUT2D eigenvalue weighted by molar-refractivity contribution is 0.0220. The lowest BCUT2D eigenvalue weighted by atomic mass is 9.81. The smallest absolute Gasteiger partial charge is 0.170 e. The average molecular weight is 386 g/mol. The van der Waals surface area contributed by atoms with E-state index in [4.69, 9.17) is 12.2 Å². The van der Waals surface area contributed by atoms with E-state index in [9.17, 15) is 0 Å². The normalized spacial score (nSPS) is 25.7. The van der Waals surface area contributed by atoms with Crippen LogP contribution in [0.5, 0.6) is 0 Å². The van der Waals surface area contributed by atoms with Crippen molar-refractivity contribution in [2.75, 3.05) is 5.32 Å². The number of rotatable bonds is 4. The first-order valence-corrected chi connectivity index (χ1v) is 10.9. The van der Waals surface area contributed by atoms with Gasteiger partial charge in [-0.3, -0.25) is 4.90 Å². The number of thiophene rings is 1. The lowest BCUT2D eigenvalue weighted by Gasteiger charge is -2.49. The van der Waals surface area contributed by atoms with Crippen molar-refractivity contribution in [3.05, 3.63) is 52.2 Å². The van der Waals surface area contributed by atoms with Crippen LogP contribution in [0, 0.1) is 6.92 Å². The van der Waals surface area contributed by atoms with Crippen LogP contribution in [0.2, 0.25) is 0 Å². The van der Waals surface area contributed by atoms with Gasteiger partial charge >= 0.3 is 0 Å². The van der Waals surface area contributed by atoms with Gasteiger partial charge in [-0.2, -0.15) is 0 Å². The number of anilines is 1. The van der Waals surface area contributed by atoms with E-state index in [0.717, 1.165) is 17.3 Å². The predicted octanol–water partition coefficient (Wildman–Crippen LogP) is 4.93. The first-order chi connectivity index (χ1) is 12.7. The number of nitrogens with zero attached hydrogens (tertiary/aromatic N) is 1. The Kier molecular flexibility index (Phi) is 5.57. The van der Waals surface area contributed by atoms with Crippen LogP contribution in [0.1, 0.15) is 42.5 Å². The molecule has 0 amide bonds. The van der Waals surface area contributed by atoms with E-state index in [0.29, 0.717) is 18.1 Å². The molecule has 2 aliphatic heterocycles. The molecule has 2 aliphatic rings. The third-order valence-electron chi connectivity index (χ3n) is 5.66. The summed E-state index contributed by atoms with van der Waals surface area (Å²) in [4.78, 5) is 4.25. The Balaban J connectivity index is 1.35. The standard InChI is InChI=1S/C21H27N3S2/c1-15-5-2-6-16(11-15)22-21(25)23-17-12-18-7-3-8-19(13-17)24(18)14-20-9-4-10-26-20/h2,4-6,9-11,17-19H,3,7-8,12-14H2,1H3,(H2,22,23,25)/t17?,18-,19+. The molecule has 2 fully saturated rings. The van der Waals surface area contributed by atoms with E-state index in [-0.39, 0.29) is 0 Å². The second kappa shape index (κ2) is 8.07.